The standard InChI is InChI=1S/C13H11ClN4O3S/c14-7-2-1-3-8(4-7)17-13(22)18(16-15-17)9-5-10(19)12-20-6-11(9)21-12/h1-4,9,11-12H,5-6H2/t9-,11+,12-/m0/s1. The Bertz CT molecular complexity index is 805. The van der Waals surface area contributed by atoms with Crippen LogP contribution in [0.3, 0.4) is 0 Å². The van der Waals surface area contributed by atoms with E-state index in [1.165, 1.54) is 4.68 Å². The summed E-state index contributed by atoms with van der Waals surface area (Å²) in [6, 6.07) is 6.85. The fourth-order valence-corrected chi connectivity index (χ4v) is 3.20. The van der Waals surface area contributed by atoms with Crippen LogP contribution in [0.25, 0.3) is 5.69 Å². The van der Waals surface area contributed by atoms with Gasteiger partial charge < -0.3 is 9.47 Å². The maximum absolute atomic E-state index is 11.9. The predicted octanol–water partition coefficient (Wildman–Crippen LogP) is 1.71. The Morgan fingerprint density at radius 2 is 2.23 bits per heavy atom. The molecule has 4 rings (SSSR count). The third-order valence-corrected chi connectivity index (χ3v) is 4.38. The molecule has 3 heterocycles. The van der Waals surface area contributed by atoms with Crippen LogP contribution >= 0.6 is 23.8 Å². The first-order valence-electron chi connectivity index (χ1n) is 6.74. The van der Waals surface area contributed by atoms with E-state index in [1.807, 2.05) is 6.07 Å². The summed E-state index contributed by atoms with van der Waals surface area (Å²) in [5.74, 6) is -0.0991. The number of tetrazole rings is 1. The average molecular weight is 339 g/mol. The van der Waals surface area contributed by atoms with Crippen molar-refractivity contribution in [3.8, 4) is 5.69 Å². The third kappa shape index (κ3) is 2.19. The molecule has 22 heavy (non-hydrogen) atoms. The van der Waals surface area contributed by atoms with Gasteiger partial charge in [-0.2, -0.15) is 4.68 Å². The van der Waals surface area contributed by atoms with Crippen LogP contribution in [-0.2, 0) is 14.3 Å². The number of Topliss-reactive ketones (excluding diaryl/α,β-unsaturated/α-hetero) is 1. The summed E-state index contributed by atoms with van der Waals surface area (Å²) in [7, 11) is 0. The maximum atomic E-state index is 11.9. The highest BCUT2D eigenvalue weighted by molar-refractivity contribution is 7.71. The van der Waals surface area contributed by atoms with E-state index < -0.39 is 6.29 Å². The number of benzene rings is 1. The second kappa shape index (κ2) is 5.24. The largest absolute Gasteiger partial charge is 0.343 e. The quantitative estimate of drug-likeness (QED) is 0.776. The minimum atomic E-state index is -0.738. The van der Waals surface area contributed by atoms with Crippen molar-refractivity contribution in [3.05, 3.63) is 34.1 Å². The minimum absolute atomic E-state index is 0.0991. The molecule has 3 atom stereocenters. The van der Waals surface area contributed by atoms with Crippen LogP contribution in [0.4, 0.5) is 0 Å². The van der Waals surface area contributed by atoms with Gasteiger partial charge in [-0.15, -0.1) is 0 Å². The van der Waals surface area contributed by atoms with E-state index in [0.29, 0.717) is 22.1 Å². The number of hydrogen-bond donors (Lipinski definition) is 0. The van der Waals surface area contributed by atoms with Gasteiger partial charge in [-0.25, -0.2) is 4.68 Å². The molecule has 0 amide bonds. The number of nitrogens with zero attached hydrogens (tertiary/aromatic N) is 4. The molecule has 1 aromatic carbocycles. The first-order valence-corrected chi connectivity index (χ1v) is 7.52. The molecular weight excluding hydrogens is 328 g/mol. The number of carbonyl (C=O) groups excluding carboxylic acids is 1. The van der Waals surface area contributed by atoms with Crippen molar-refractivity contribution in [3.63, 3.8) is 0 Å². The van der Waals surface area contributed by atoms with E-state index in [4.69, 9.17) is 33.3 Å². The van der Waals surface area contributed by atoms with Crippen molar-refractivity contribution in [1.29, 1.82) is 0 Å². The van der Waals surface area contributed by atoms with E-state index in [1.54, 1.807) is 22.9 Å². The molecule has 0 spiro atoms. The molecule has 0 aliphatic carbocycles. The van der Waals surface area contributed by atoms with Gasteiger partial charge in [0.25, 0.3) is 0 Å². The van der Waals surface area contributed by atoms with Crippen LogP contribution in [0.2, 0.25) is 5.02 Å². The van der Waals surface area contributed by atoms with Crippen LogP contribution in [-0.4, -0.2) is 44.6 Å². The molecule has 0 radical (unpaired) electrons. The van der Waals surface area contributed by atoms with Gasteiger partial charge in [0.1, 0.15) is 6.10 Å². The lowest BCUT2D eigenvalue weighted by Gasteiger charge is -2.25. The molecule has 114 valence electrons. The number of ketones is 1. The van der Waals surface area contributed by atoms with E-state index in [2.05, 4.69) is 10.4 Å². The summed E-state index contributed by atoms with van der Waals surface area (Å²) in [5, 5.41) is 8.74. The topological polar surface area (TPSA) is 71.2 Å². The Labute approximate surface area is 135 Å². The van der Waals surface area contributed by atoms with Crippen LogP contribution in [0.15, 0.2) is 24.3 Å². The second-order valence-corrected chi connectivity index (χ2v) is 5.98. The van der Waals surface area contributed by atoms with Gasteiger partial charge in [-0.3, -0.25) is 4.79 Å². The van der Waals surface area contributed by atoms with Crippen molar-refractivity contribution >= 4 is 29.6 Å². The number of rotatable bonds is 2. The molecule has 2 saturated heterocycles. The predicted molar refractivity (Wildman–Crippen MR) is 78.5 cm³/mol. The van der Waals surface area contributed by atoms with Crippen molar-refractivity contribution in [2.24, 2.45) is 0 Å². The summed E-state index contributed by atoms with van der Waals surface area (Å²) in [5.41, 5.74) is 0.715. The SMILES string of the molecule is O=C1C[C@H](n2nnn(-c3cccc(Cl)c3)c2=S)[C@H]2CO[C@H]1O2. The summed E-state index contributed by atoms with van der Waals surface area (Å²) in [6.07, 6.45) is -0.699. The summed E-state index contributed by atoms with van der Waals surface area (Å²) in [6.45, 7) is 0.354. The van der Waals surface area contributed by atoms with E-state index in [0.717, 1.165) is 0 Å². The molecule has 2 aromatic rings. The van der Waals surface area contributed by atoms with E-state index in [-0.39, 0.29) is 24.3 Å². The number of halogens is 1. The summed E-state index contributed by atoms with van der Waals surface area (Å²) >= 11 is 11.4. The van der Waals surface area contributed by atoms with Crippen molar-refractivity contribution in [2.75, 3.05) is 6.61 Å². The Kier molecular flexibility index (Phi) is 3.33. The molecule has 2 bridgehead atoms. The monoisotopic (exact) mass is 338 g/mol. The zero-order valence-electron chi connectivity index (χ0n) is 11.3. The Balaban J connectivity index is 1.73. The van der Waals surface area contributed by atoms with E-state index >= 15 is 0 Å². The lowest BCUT2D eigenvalue weighted by atomic mass is 10.0. The van der Waals surface area contributed by atoms with Gasteiger partial charge in [0.15, 0.2) is 5.78 Å². The molecular formula is C13H11ClN4O3S. The van der Waals surface area contributed by atoms with Gasteiger partial charge in [0.2, 0.25) is 11.1 Å². The highest BCUT2D eigenvalue weighted by Gasteiger charge is 2.45. The first kappa shape index (κ1) is 14.0. The first-order chi connectivity index (χ1) is 10.6. The molecule has 0 N–H and O–H groups in total. The smallest absolute Gasteiger partial charge is 0.221 e. The molecule has 2 aliphatic rings. The molecule has 2 aliphatic heterocycles. The molecule has 0 saturated carbocycles. The van der Waals surface area contributed by atoms with Gasteiger partial charge in [-0.1, -0.05) is 17.7 Å². The van der Waals surface area contributed by atoms with Crippen LogP contribution < -0.4 is 0 Å². The highest BCUT2D eigenvalue weighted by Crippen LogP contribution is 2.32. The minimum Gasteiger partial charge on any atom is -0.343 e. The average Bonchev–Trinajstić information content (AvgIpc) is 3.09. The summed E-state index contributed by atoms with van der Waals surface area (Å²) < 4.78 is 14.3. The molecule has 7 nitrogen and oxygen atoms in total. The highest BCUT2D eigenvalue weighted by atomic mass is 35.5. The Hall–Kier alpha value is -1.61. The van der Waals surface area contributed by atoms with Crippen molar-refractivity contribution in [2.45, 2.75) is 24.9 Å². The number of ether oxygens (including phenoxy) is 2. The zero-order valence-corrected chi connectivity index (χ0v) is 12.8. The summed E-state index contributed by atoms with van der Waals surface area (Å²) in [4.78, 5) is 11.9. The van der Waals surface area contributed by atoms with Crippen molar-refractivity contribution < 1.29 is 14.3 Å². The fourth-order valence-electron chi connectivity index (χ4n) is 2.70. The second-order valence-electron chi connectivity index (χ2n) is 5.18. The van der Waals surface area contributed by atoms with E-state index in [9.17, 15) is 4.79 Å². The molecule has 0 unspecified atom stereocenters. The number of hydrogen-bond acceptors (Lipinski definition) is 6. The van der Waals surface area contributed by atoms with Gasteiger partial charge >= 0.3 is 0 Å². The van der Waals surface area contributed by atoms with Gasteiger partial charge in [-0.05, 0) is 40.8 Å². The normalized spacial score (nSPS) is 27.3. The van der Waals surface area contributed by atoms with Crippen LogP contribution in [0.5, 0.6) is 0 Å². The molecule has 9 heteroatoms. The number of fused-ring (bicyclic) bond motifs is 2. The third-order valence-electron chi connectivity index (χ3n) is 3.78. The Morgan fingerprint density at radius 3 is 3.05 bits per heavy atom. The van der Waals surface area contributed by atoms with Gasteiger partial charge in [0.05, 0.1) is 18.3 Å². The molecule has 1 aromatic heterocycles. The van der Waals surface area contributed by atoms with Crippen LogP contribution in [0.1, 0.15) is 12.5 Å². The number of aromatic nitrogens is 4. The van der Waals surface area contributed by atoms with Crippen LogP contribution in [0, 0.1) is 4.77 Å². The molecule has 2 fully saturated rings. The number of carbonyl (C=O) groups is 1. The lowest BCUT2D eigenvalue weighted by Crippen LogP contribution is -2.37. The van der Waals surface area contributed by atoms with Gasteiger partial charge in [0, 0.05) is 11.4 Å². The lowest BCUT2D eigenvalue weighted by molar-refractivity contribution is -0.156. The zero-order chi connectivity index (χ0) is 15.3. The maximum Gasteiger partial charge on any atom is 0.221 e. The fraction of sp³-hybridized carbons (Fsp3) is 0.385. The van der Waals surface area contributed by atoms with Crippen molar-refractivity contribution in [1.82, 2.24) is 19.8 Å². The Morgan fingerprint density at radius 1 is 1.36 bits per heavy atom.